The molecule has 5 nitrogen and oxygen atoms in total. The number of rotatable bonds is 5. The number of benzene rings is 1. The summed E-state index contributed by atoms with van der Waals surface area (Å²) in [7, 11) is 0. The molecule has 1 N–H and O–H groups in total. The Hall–Kier alpha value is -2.14. The number of hydrogen-bond donors (Lipinski definition) is 1. The highest BCUT2D eigenvalue weighted by molar-refractivity contribution is 5.89. The van der Waals surface area contributed by atoms with E-state index >= 15 is 0 Å². The van der Waals surface area contributed by atoms with Crippen molar-refractivity contribution < 1.29 is 4.79 Å². The van der Waals surface area contributed by atoms with Crippen LogP contribution in [0, 0.1) is 0 Å². The number of carbonyl (C=O) groups excluding carboxylic acids is 1. The minimum Gasteiger partial charge on any atom is -0.357 e. The van der Waals surface area contributed by atoms with E-state index in [0.29, 0.717) is 0 Å². The Kier molecular flexibility index (Phi) is 6.79. The van der Waals surface area contributed by atoms with Crippen molar-refractivity contribution in [1.29, 1.82) is 0 Å². The average molecular weight is 321 g/mol. The van der Waals surface area contributed by atoms with Crippen LogP contribution in [0.1, 0.15) is 20.8 Å². The third kappa shape index (κ3) is 4.43. The van der Waals surface area contributed by atoms with Crippen molar-refractivity contribution in [2.45, 2.75) is 20.8 Å². The van der Waals surface area contributed by atoms with Crippen LogP contribution in [0.4, 0.5) is 11.5 Å². The summed E-state index contributed by atoms with van der Waals surface area (Å²) in [5.41, 5.74) is 2.57. The minimum absolute atomic E-state index is 0. The van der Waals surface area contributed by atoms with Gasteiger partial charge in [-0.2, -0.15) is 0 Å². The molecule has 0 saturated carbocycles. The maximum Gasteiger partial charge on any atom is 0.221 e. The molecule has 0 unspecified atom stereocenters. The lowest BCUT2D eigenvalue weighted by Gasteiger charge is -2.19. The van der Waals surface area contributed by atoms with E-state index in [1.165, 1.54) is 6.92 Å². The van der Waals surface area contributed by atoms with Gasteiger partial charge in [0.1, 0.15) is 12.1 Å². The fourth-order valence-corrected chi connectivity index (χ4v) is 2.18. The predicted molar refractivity (Wildman–Crippen MR) is 92.6 cm³/mol. The van der Waals surface area contributed by atoms with E-state index in [-0.39, 0.29) is 18.3 Å². The number of halogens is 1. The first kappa shape index (κ1) is 17.9. The van der Waals surface area contributed by atoms with Crippen LogP contribution in [0.25, 0.3) is 11.3 Å². The topological polar surface area (TPSA) is 58.1 Å². The first-order valence-electron chi connectivity index (χ1n) is 7.09. The fraction of sp³-hybridized carbons (Fsp3) is 0.312. The molecule has 0 spiro atoms. The lowest BCUT2D eigenvalue weighted by molar-refractivity contribution is -0.114. The molecule has 0 bridgehead atoms. The van der Waals surface area contributed by atoms with Crippen molar-refractivity contribution >= 4 is 29.8 Å². The zero-order chi connectivity index (χ0) is 15.2. The molecular formula is C16H21ClN4O. The van der Waals surface area contributed by atoms with Crippen molar-refractivity contribution in [1.82, 2.24) is 9.97 Å². The van der Waals surface area contributed by atoms with Gasteiger partial charge in [-0.15, -0.1) is 12.4 Å². The summed E-state index contributed by atoms with van der Waals surface area (Å²) < 4.78 is 0. The van der Waals surface area contributed by atoms with E-state index < -0.39 is 0 Å². The Bertz CT molecular complexity index is 629. The number of hydrogen-bond acceptors (Lipinski definition) is 4. The average Bonchev–Trinajstić information content (AvgIpc) is 2.48. The second-order valence-electron chi connectivity index (χ2n) is 4.70. The third-order valence-corrected chi connectivity index (χ3v) is 3.22. The molecule has 0 aliphatic carbocycles. The summed E-state index contributed by atoms with van der Waals surface area (Å²) in [5.74, 6) is 0.827. The first-order valence-corrected chi connectivity index (χ1v) is 7.09. The standard InChI is InChI=1S/C16H20N4O.ClH/c1-4-20(5-2)16-10-15(17-11-18-16)13-7-6-8-14(9-13)19-12(3)21;/h6-11H,4-5H2,1-3H3,(H,19,21);1H. The smallest absolute Gasteiger partial charge is 0.221 e. The van der Waals surface area contributed by atoms with Gasteiger partial charge in [-0.05, 0) is 26.0 Å². The molecule has 22 heavy (non-hydrogen) atoms. The van der Waals surface area contributed by atoms with Crippen molar-refractivity contribution in [3.63, 3.8) is 0 Å². The van der Waals surface area contributed by atoms with Gasteiger partial charge in [0.25, 0.3) is 0 Å². The van der Waals surface area contributed by atoms with Gasteiger partial charge in [0.05, 0.1) is 5.69 Å². The monoisotopic (exact) mass is 320 g/mol. The Labute approximate surface area is 137 Å². The Balaban J connectivity index is 0.00000242. The van der Waals surface area contributed by atoms with Crippen LogP contribution in [0.5, 0.6) is 0 Å². The van der Waals surface area contributed by atoms with Crippen LogP contribution >= 0.6 is 12.4 Å². The number of nitrogens with zero attached hydrogens (tertiary/aromatic N) is 3. The van der Waals surface area contributed by atoms with Gasteiger partial charge < -0.3 is 10.2 Å². The lowest BCUT2D eigenvalue weighted by Crippen LogP contribution is -2.22. The largest absolute Gasteiger partial charge is 0.357 e. The lowest BCUT2D eigenvalue weighted by atomic mass is 10.1. The third-order valence-electron chi connectivity index (χ3n) is 3.22. The molecule has 6 heteroatoms. The summed E-state index contributed by atoms with van der Waals surface area (Å²) in [6, 6.07) is 9.62. The quantitative estimate of drug-likeness (QED) is 0.917. The molecule has 1 heterocycles. The molecule has 2 aromatic rings. The van der Waals surface area contributed by atoms with Gasteiger partial charge in [-0.1, -0.05) is 12.1 Å². The minimum atomic E-state index is -0.0846. The number of amides is 1. The molecule has 1 aromatic heterocycles. The van der Waals surface area contributed by atoms with Crippen LogP contribution in [-0.2, 0) is 4.79 Å². The summed E-state index contributed by atoms with van der Waals surface area (Å²) >= 11 is 0. The summed E-state index contributed by atoms with van der Waals surface area (Å²) in [6.45, 7) is 7.50. The van der Waals surface area contributed by atoms with E-state index in [4.69, 9.17) is 0 Å². The van der Waals surface area contributed by atoms with Gasteiger partial charge in [-0.25, -0.2) is 9.97 Å². The van der Waals surface area contributed by atoms with E-state index in [9.17, 15) is 4.79 Å². The zero-order valence-corrected chi connectivity index (χ0v) is 13.9. The maximum atomic E-state index is 11.1. The van der Waals surface area contributed by atoms with Gasteiger partial charge >= 0.3 is 0 Å². The number of anilines is 2. The molecule has 0 aliphatic heterocycles. The summed E-state index contributed by atoms with van der Waals surface area (Å²) in [5, 5.41) is 2.78. The van der Waals surface area contributed by atoms with Crippen LogP contribution < -0.4 is 10.2 Å². The highest BCUT2D eigenvalue weighted by atomic mass is 35.5. The zero-order valence-electron chi connectivity index (χ0n) is 13.0. The first-order chi connectivity index (χ1) is 10.1. The summed E-state index contributed by atoms with van der Waals surface area (Å²) in [4.78, 5) is 22.0. The van der Waals surface area contributed by atoms with Crippen LogP contribution in [-0.4, -0.2) is 29.0 Å². The van der Waals surface area contributed by atoms with E-state index in [2.05, 4.69) is 34.0 Å². The van der Waals surface area contributed by atoms with E-state index in [1.54, 1.807) is 6.33 Å². The molecule has 0 aliphatic rings. The molecule has 0 fully saturated rings. The Morgan fingerprint density at radius 1 is 1.18 bits per heavy atom. The van der Waals surface area contributed by atoms with Gasteiger partial charge in [0, 0.05) is 37.3 Å². The fourth-order valence-electron chi connectivity index (χ4n) is 2.18. The van der Waals surface area contributed by atoms with Crippen LogP contribution in [0.2, 0.25) is 0 Å². The number of nitrogens with one attached hydrogen (secondary N) is 1. The molecule has 2 rings (SSSR count). The predicted octanol–water partition coefficient (Wildman–Crippen LogP) is 3.37. The van der Waals surface area contributed by atoms with Gasteiger partial charge in [-0.3, -0.25) is 4.79 Å². The van der Waals surface area contributed by atoms with Crippen molar-refractivity contribution in [3.8, 4) is 11.3 Å². The second kappa shape index (κ2) is 8.34. The Morgan fingerprint density at radius 2 is 1.91 bits per heavy atom. The SMILES string of the molecule is CCN(CC)c1cc(-c2cccc(NC(C)=O)c2)ncn1.Cl. The second-order valence-corrected chi connectivity index (χ2v) is 4.70. The van der Waals surface area contributed by atoms with E-state index in [1.807, 2.05) is 30.3 Å². The molecular weight excluding hydrogens is 300 g/mol. The van der Waals surface area contributed by atoms with Crippen molar-refractivity contribution in [2.75, 3.05) is 23.3 Å². The highest BCUT2D eigenvalue weighted by Crippen LogP contribution is 2.23. The molecule has 118 valence electrons. The molecule has 0 saturated heterocycles. The normalized spacial score (nSPS) is 9.77. The van der Waals surface area contributed by atoms with Gasteiger partial charge in [0.2, 0.25) is 5.91 Å². The molecule has 0 atom stereocenters. The molecule has 0 radical (unpaired) electrons. The molecule has 1 amide bonds. The highest BCUT2D eigenvalue weighted by Gasteiger charge is 2.07. The van der Waals surface area contributed by atoms with Crippen LogP contribution in [0.3, 0.4) is 0 Å². The maximum absolute atomic E-state index is 11.1. The molecule has 1 aromatic carbocycles. The van der Waals surface area contributed by atoms with E-state index in [0.717, 1.165) is 35.9 Å². The number of carbonyl (C=O) groups is 1. The number of aromatic nitrogens is 2. The summed E-state index contributed by atoms with van der Waals surface area (Å²) in [6.07, 6.45) is 1.58. The van der Waals surface area contributed by atoms with Crippen molar-refractivity contribution in [3.05, 3.63) is 36.7 Å². The van der Waals surface area contributed by atoms with Gasteiger partial charge in [0.15, 0.2) is 0 Å². The van der Waals surface area contributed by atoms with Crippen molar-refractivity contribution in [2.24, 2.45) is 0 Å². The van der Waals surface area contributed by atoms with Crippen LogP contribution in [0.15, 0.2) is 36.7 Å². The Morgan fingerprint density at radius 3 is 2.55 bits per heavy atom.